The van der Waals surface area contributed by atoms with Gasteiger partial charge in [0.15, 0.2) is 0 Å². The zero-order valence-corrected chi connectivity index (χ0v) is 48.1. The number of cyclic esters (lactones) is 2. The fourth-order valence-corrected chi connectivity index (χ4v) is 10.2. The second kappa shape index (κ2) is 29.2. The largest absolute Gasteiger partial charge is 0.457 e. The van der Waals surface area contributed by atoms with E-state index in [1.165, 1.54) is 88.5 Å². The first-order valence-corrected chi connectivity index (χ1v) is 27.4. The maximum atomic E-state index is 13.9. The predicted octanol–water partition coefficient (Wildman–Crippen LogP) is 10.1. The van der Waals surface area contributed by atoms with Gasteiger partial charge in [-0.05, 0) is 64.1 Å². The summed E-state index contributed by atoms with van der Waals surface area (Å²) in [5, 5.41) is 48.0. The van der Waals surface area contributed by atoms with E-state index in [0.717, 1.165) is 17.2 Å². The molecule has 10 atom stereocenters. The number of hydrogen-bond acceptors (Lipinski definition) is 16. The number of aromatic nitrogens is 2. The SMILES string of the molecule is C/C(=C\c1csc(CN(C)C)n1)C1C/C=C(/C(F)(F)F)C/C=C/[C@H](C)[C@H](O)[C@@H](C)C(=O)C(C)(C)[C@@H](O)CC(=O)O1.C/C(=C\c1csc(CN)n1)C1C/C=C(/C(F)(F)F)C/C=C/[C@H](C)[C@H](O)[C@@H](C)C(=O)C(C)(C)[C@@H](O)CC(=O)O1. The van der Waals surface area contributed by atoms with Crippen molar-refractivity contribution >= 4 is 58.3 Å². The van der Waals surface area contributed by atoms with Crippen molar-refractivity contribution in [1.82, 2.24) is 14.9 Å². The first kappa shape index (κ1) is 67.6. The Balaban J connectivity index is 0.000000411. The lowest BCUT2D eigenvalue weighted by Crippen LogP contribution is -2.45. The van der Waals surface area contributed by atoms with Crippen molar-refractivity contribution in [3.05, 3.63) is 90.9 Å². The smallest absolute Gasteiger partial charge is 0.412 e. The third kappa shape index (κ3) is 19.8. The number of Topliss-reactive ketones (excluding diaryl/α,β-unsaturated/α-hetero) is 2. The quantitative estimate of drug-likeness (QED) is 0.0989. The number of thiazole rings is 2. The number of ketones is 2. The van der Waals surface area contributed by atoms with Crippen LogP contribution in [0.15, 0.2) is 69.5 Å². The number of carbonyl (C=O) groups is 4. The average Bonchev–Trinajstić information content (AvgIpc) is 4.00. The van der Waals surface area contributed by atoms with Gasteiger partial charge < -0.3 is 40.5 Å². The molecular weight excluding hydrogens is 1070 g/mol. The lowest BCUT2D eigenvalue weighted by molar-refractivity contribution is -0.155. The summed E-state index contributed by atoms with van der Waals surface area (Å²) in [4.78, 5) is 62.9. The van der Waals surface area contributed by atoms with E-state index in [1.807, 2.05) is 24.4 Å². The van der Waals surface area contributed by atoms with Gasteiger partial charge >= 0.3 is 24.3 Å². The van der Waals surface area contributed by atoms with Crippen LogP contribution in [0.2, 0.25) is 0 Å². The van der Waals surface area contributed by atoms with Crippen LogP contribution < -0.4 is 5.73 Å². The molecule has 2 aromatic heterocycles. The van der Waals surface area contributed by atoms with Crippen molar-refractivity contribution in [2.45, 2.75) is 170 Å². The number of alkyl halides is 6. The van der Waals surface area contributed by atoms with Crippen molar-refractivity contribution in [1.29, 1.82) is 0 Å². The van der Waals surface area contributed by atoms with Crippen LogP contribution in [-0.2, 0) is 41.7 Å². The highest BCUT2D eigenvalue weighted by atomic mass is 32.1. The predicted molar refractivity (Wildman–Crippen MR) is 289 cm³/mol. The highest BCUT2D eigenvalue weighted by Crippen LogP contribution is 2.36. The number of ether oxygens (including phenoxy) is 2. The summed E-state index contributed by atoms with van der Waals surface area (Å²) >= 11 is 2.77. The third-order valence-corrected chi connectivity index (χ3v) is 15.8. The molecule has 0 bridgehead atoms. The van der Waals surface area contributed by atoms with Gasteiger partial charge in [0, 0.05) is 71.5 Å². The molecular formula is C56H78F6N4O10S2. The number of aliphatic hydroxyl groups is 4. The van der Waals surface area contributed by atoms with Crippen LogP contribution in [0.3, 0.4) is 0 Å². The molecule has 0 aliphatic carbocycles. The van der Waals surface area contributed by atoms with E-state index >= 15 is 0 Å². The summed E-state index contributed by atoms with van der Waals surface area (Å²) in [5.41, 5.74) is 3.25. The summed E-state index contributed by atoms with van der Waals surface area (Å²) in [6, 6.07) is 0. The van der Waals surface area contributed by atoms with E-state index in [-0.39, 0.29) is 19.4 Å². The molecule has 22 heteroatoms. The molecule has 14 nitrogen and oxygen atoms in total. The molecule has 0 saturated carbocycles. The molecule has 0 radical (unpaired) electrons. The first-order valence-electron chi connectivity index (χ1n) is 25.7. The fourth-order valence-electron chi connectivity index (χ4n) is 8.66. The zero-order chi connectivity index (χ0) is 59.2. The number of rotatable bonds is 7. The van der Waals surface area contributed by atoms with Gasteiger partial charge in [0.25, 0.3) is 0 Å². The topological polar surface area (TPSA) is 223 Å². The summed E-state index contributed by atoms with van der Waals surface area (Å²) in [6.45, 7) is 16.3. The van der Waals surface area contributed by atoms with Crippen LogP contribution in [0.4, 0.5) is 26.3 Å². The number of allylic oxidation sites excluding steroid dienone is 4. The van der Waals surface area contributed by atoms with Crippen molar-refractivity contribution in [3.63, 3.8) is 0 Å². The van der Waals surface area contributed by atoms with Crippen LogP contribution in [0, 0.1) is 34.5 Å². The summed E-state index contributed by atoms with van der Waals surface area (Å²) in [7, 11) is 3.82. The summed E-state index contributed by atoms with van der Waals surface area (Å²) in [6.07, 6.45) is -8.30. The molecule has 0 amide bonds. The van der Waals surface area contributed by atoms with Crippen LogP contribution in [0.25, 0.3) is 12.2 Å². The van der Waals surface area contributed by atoms with Gasteiger partial charge in [-0.3, -0.25) is 19.2 Å². The highest BCUT2D eigenvalue weighted by molar-refractivity contribution is 7.10. The number of aliphatic hydroxyl groups excluding tert-OH is 4. The van der Waals surface area contributed by atoms with Gasteiger partial charge in [0.05, 0.1) is 59.5 Å². The maximum absolute atomic E-state index is 13.9. The molecule has 4 rings (SSSR count). The van der Waals surface area contributed by atoms with Gasteiger partial charge in [-0.15, -0.1) is 22.7 Å². The third-order valence-electron chi connectivity index (χ3n) is 14.1. The van der Waals surface area contributed by atoms with Crippen molar-refractivity contribution in [2.24, 2.45) is 40.2 Å². The molecule has 6 N–H and O–H groups in total. The van der Waals surface area contributed by atoms with Crippen molar-refractivity contribution < 1.29 is 75.4 Å². The van der Waals surface area contributed by atoms with E-state index in [0.29, 0.717) is 34.1 Å². The van der Waals surface area contributed by atoms with Gasteiger partial charge in [0.1, 0.15) is 33.8 Å². The molecule has 0 fully saturated rings. The van der Waals surface area contributed by atoms with Gasteiger partial charge in [-0.1, -0.05) is 91.8 Å². The van der Waals surface area contributed by atoms with Crippen LogP contribution in [0.5, 0.6) is 0 Å². The number of esters is 2. The van der Waals surface area contributed by atoms with Gasteiger partial charge in [-0.2, -0.15) is 26.3 Å². The normalized spacial score (nSPS) is 30.5. The lowest BCUT2D eigenvalue weighted by atomic mass is 9.73. The van der Waals surface area contributed by atoms with E-state index < -0.39 is 144 Å². The van der Waals surface area contributed by atoms with Crippen LogP contribution in [-0.4, -0.2) is 122 Å². The Morgan fingerprint density at radius 3 is 1.37 bits per heavy atom. The Morgan fingerprint density at radius 1 is 0.679 bits per heavy atom. The molecule has 2 unspecified atom stereocenters. The average molecular weight is 1150 g/mol. The van der Waals surface area contributed by atoms with E-state index in [4.69, 9.17) is 15.2 Å². The number of halogens is 6. The molecule has 436 valence electrons. The van der Waals surface area contributed by atoms with Crippen molar-refractivity contribution in [2.75, 3.05) is 14.1 Å². The van der Waals surface area contributed by atoms with Gasteiger partial charge in [0.2, 0.25) is 0 Å². The van der Waals surface area contributed by atoms with E-state index in [9.17, 15) is 65.9 Å². The van der Waals surface area contributed by atoms with Crippen LogP contribution in [0.1, 0.15) is 129 Å². The minimum Gasteiger partial charge on any atom is -0.457 e. The molecule has 2 aromatic rings. The Labute approximate surface area is 461 Å². The number of nitrogens with two attached hydrogens (primary N) is 1. The second-order valence-electron chi connectivity index (χ2n) is 21.6. The Bertz CT molecular complexity index is 2540. The molecule has 0 aromatic carbocycles. The Morgan fingerprint density at radius 2 is 1.04 bits per heavy atom. The van der Waals surface area contributed by atoms with Crippen LogP contribution >= 0.6 is 22.7 Å². The monoisotopic (exact) mass is 1140 g/mol. The fraction of sp³-hybridized carbons (Fsp3) is 0.607. The molecule has 0 saturated heterocycles. The Hall–Kier alpha value is -4.68. The van der Waals surface area contributed by atoms with E-state index in [1.54, 1.807) is 45.2 Å². The maximum Gasteiger partial charge on any atom is 0.412 e. The van der Waals surface area contributed by atoms with E-state index in [2.05, 4.69) is 9.97 Å². The molecule has 2 aliphatic rings. The minimum atomic E-state index is -4.63. The minimum absolute atomic E-state index is 0.238. The Kier molecular flexibility index (Phi) is 25.3. The van der Waals surface area contributed by atoms with Crippen molar-refractivity contribution in [3.8, 4) is 0 Å². The molecule has 78 heavy (non-hydrogen) atoms. The molecule has 4 heterocycles. The van der Waals surface area contributed by atoms with Gasteiger partial charge in [-0.25, -0.2) is 9.97 Å². The summed E-state index contributed by atoms with van der Waals surface area (Å²) < 4.78 is 94.0. The number of hydrogen-bond donors (Lipinski definition) is 5. The lowest BCUT2D eigenvalue weighted by Gasteiger charge is -2.34. The first-order chi connectivity index (χ1) is 36.0. The second-order valence-corrected chi connectivity index (χ2v) is 23.5. The number of nitrogens with zero attached hydrogens (tertiary/aromatic N) is 3. The zero-order valence-electron chi connectivity index (χ0n) is 46.4. The standard InChI is InChI=1S/C29H41F3N2O5S.C27H37F3N2O5S/c1-17-9-8-10-20(29(30,31)32)11-12-22(18(2)13-21-16-40-24(33-21)15-34(6)7)39-25(36)14-23(35)28(4,5)27(38)19(3)26(17)37;1-15-7-6-8-18(27(28,29)30)9-10-20(16(2)11-19-14-38-22(13-31)32-19)37-23(34)12-21(33)26(4,5)25(36)17(3)24(15)35/h8-9,11,13,16-17,19,22-23,26,35,37H,10,12,14-15H2,1-7H3;6-7,9,11,14-15,17,20-21,24,33,35H,8,10,12-13,31H2,1-5H3/b9-8+,18-13+,20-11+;7-6+,16-11+,18-9+/t17-,19+,22?,23-,26-;15-,17+,20?,21-,24-/m00/s1. The number of carbonyl (C=O) groups excluding carboxylic acids is 4. The molecule has 2 aliphatic heterocycles. The summed E-state index contributed by atoms with van der Waals surface area (Å²) in [5.74, 6) is -5.76. The highest BCUT2D eigenvalue weighted by Gasteiger charge is 2.44. The molecule has 0 spiro atoms.